The van der Waals surface area contributed by atoms with Crippen molar-refractivity contribution in [2.24, 2.45) is 0 Å². The molecule has 1 N–H and O–H groups in total. The smallest absolute Gasteiger partial charge is 0.335 e. The Morgan fingerprint density at radius 1 is 1.25 bits per heavy atom. The van der Waals surface area contributed by atoms with Crippen LogP contribution in [0.1, 0.15) is 12.5 Å². The number of carboxylic acids is 1. The van der Waals surface area contributed by atoms with Gasteiger partial charge in [0, 0.05) is 0 Å². The molecular formula is C12H14O4. The molecule has 0 unspecified atom stereocenters. The zero-order valence-corrected chi connectivity index (χ0v) is 9.48. The summed E-state index contributed by atoms with van der Waals surface area (Å²) in [4.78, 5) is 10.9. The van der Waals surface area contributed by atoms with Crippen LogP contribution in [0.2, 0.25) is 0 Å². The van der Waals surface area contributed by atoms with Crippen molar-refractivity contribution in [2.75, 3.05) is 14.2 Å². The van der Waals surface area contributed by atoms with Crippen LogP contribution in [0.25, 0.3) is 5.57 Å². The van der Waals surface area contributed by atoms with Crippen LogP contribution < -0.4 is 9.47 Å². The van der Waals surface area contributed by atoms with Gasteiger partial charge in [-0.1, -0.05) is 12.1 Å². The number of benzene rings is 1. The van der Waals surface area contributed by atoms with E-state index in [9.17, 15) is 4.79 Å². The summed E-state index contributed by atoms with van der Waals surface area (Å²) in [5.74, 6) is 0.127. The van der Waals surface area contributed by atoms with E-state index < -0.39 is 5.97 Å². The highest BCUT2D eigenvalue weighted by Gasteiger charge is 2.12. The third-order valence-electron chi connectivity index (χ3n) is 2.21. The number of carbonyl (C=O) groups is 1. The first-order valence-corrected chi connectivity index (χ1v) is 4.76. The second-order valence-corrected chi connectivity index (χ2v) is 3.08. The van der Waals surface area contributed by atoms with Gasteiger partial charge in [-0.05, 0) is 24.6 Å². The summed E-state index contributed by atoms with van der Waals surface area (Å²) >= 11 is 0. The van der Waals surface area contributed by atoms with Gasteiger partial charge in [0.05, 0.1) is 19.8 Å². The lowest BCUT2D eigenvalue weighted by molar-refractivity contribution is -0.130. The van der Waals surface area contributed by atoms with Crippen LogP contribution in [-0.4, -0.2) is 25.3 Å². The number of aliphatic carboxylic acids is 1. The minimum Gasteiger partial charge on any atom is -0.493 e. The summed E-state index contributed by atoms with van der Waals surface area (Å²) in [5, 5.41) is 8.98. The molecule has 0 atom stereocenters. The SMILES string of the molecule is CC=C(C(=O)O)c1ccc(OC)c(OC)c1. The molecule has 0 aliphatic carbocycles. The molecule has 4 heteroatoms. The Labute approximate surface area is 94.1 Å². The highest BCUT2D eigenvalue weighted by atomic mass is 16.5. The van der Waals surface area contributed by atoms with Crippen LogP contribution in [0.15, 0.2) is 24.3 Å². The van der Waals surface area contributed by atoms with Crippen LogP contribution in [0.5, 0.6) is 11.5 Å². The maximum Gasteiger partial charge on any atom is 0.335 e. The van der Waals surface area contributed by atoms with Gasteiger partial charge in [-0.2, -0.15) is 0 Å². The van der Waals surface area contributed by atoms with Gasteiger partial charge in [0.2, 0.25) is 0 Å². The number of methoxy groups -OCH3 is 2. The zero-order valence-electron chi connectivity index (χ0n) is 9.48. The lowest BCUT2D eigenvalue weighted by atomic mass is 10.1. The van der Waals surface area contributed by atoms with E-state index in [0.717, 1.165) is 0 Å². The van der Waals surface area contributed by atoms with Crippen molar-refractivity contribution in [3.8, 4) is 11.5 Å². The second kappa shape index (κ2) is 5.21. The fraction of sp³-hybridized carbons (Fsp3) is 0.250. The fourth-order valence-corrected chi connectivity index (χ4v) is 1.42. The van der Waals surface area contributed by atoms with E-state index in [1.165, 1.54) is 14.2 Å². The van der Waals surface area contributed by atoms with Gasteiger partial charge in [0.15, 0.2) is 11.5 Å². The molecule has 0 saturated heterocycles. The van der Waals surface area contributed by atoms with E-state index in [1.807, 2.05) is 0 Å². The van der Waals surface area contributed by atoms with Crippen molar-refractivity contribution >= 4 is 11.5 Å². The zero-order chi connectivity index (χ0) is 12.1. The molecule has 0 heterocycles. The van der Waals surface area contributed by atoms with Crippen molar-refractivity contribution in [1.82, 2.24) is 0 Å². The third-order valence-corrected chi connectivity index (χ3v) is 2.21. The normalized spacial score (nSPS) is 11.1. The van der Waals surface area contributed by atoms with Gasteiger partial charge in [0.1, 0.15) is 0 Å². The van der Waals surface area contributed by atoms with Crippen LogP contribution in [-0.2, 0) is 4.79 Å². The van der Waals surface area contributed by atoms with Crippen LogP contribution in [0, 0.1) is 0 Å². The quantitative estimate of drug-likeness (QED) is 0.793. The highest BCUT2D eigenvalue weighted by molar-refractivity contribution is 6.15. The monoisotopic (exact) mass is 222 g/mol. The molecule has 0 radical (unpaired) electrons. The van der Waals surface area contributed by atoms with Crippen LogP contribution >= 0.6 is 0 Å². The van der Waals surface area contributed by atoms with Crippen LogP contribution in [0.3, 0.4) is 0 Å². The predicted octanol–water partition coefficient (Wildman–Crippen LogP) is 2.19. The van der Waals surface area contributed by atoms with Crippen molar-refractivity contribution < 1.29 is 19.4 Å². The predicted molar refractivity (Wildman–Crippen MR) is 60.8 cm³/mol. The van der Waals surface area contributed by atoms with Gasteiger partial charge in [-0.3, -0.25) is 0 Å². The molecule has 0 aromatic heterocycles. The average Bonchev–Trinajstić information content (AvgIpc) is 2.29. The molecule has 0 aliphatic rings. The standard InChI is InChI=1S/C12H14O4/c1-4-9(12(13)14)8-5-6-10(15-2)11(7-8)16-3/h4-7H,1-3H3,(H,13,14). The molecule has 1 rings (SSSR count). The Morgan fingerprint density at radius 3 is 2.31 bits per heavy atom. The molecule has 86 valence electrons. The van der Waals surface area contributed by atoms with E-state index in [-0.39, 0.29) is 5.57 Å². The Kier molecular flexibility index (Phi) is 3.94. The van der Waals surface area contributed by atoms with Gasteiger partial charge < -0.3 is 14.6 Å². The highest BCUT2D eigenvalue weighted by Crippen LogP contribution is 2.30. The maximum atomic E-state index is 10.9. The lowest BCUT2D eigenvalue weighted by Gasteiger charge is -2.09. The molecule has 0 bridgehead atoms. The summed E-state index contributed by atoms with van der Waals surface area (Å²) in [6.07, 6.45) is 1.55. The lowest BCUT2D eigenvalue weighted by Crippen LogP contribution is -2.00. The fourth-order valence-electron chi connectivity index (χ4n) is 1.42. The summed E-state index contributed by atoms with van der Waals surface area (Å²) in [7, 11) is 3.04. The first kappa shape index (κ1) is 12.1. The molecule has 0 amide bonds. The third kappa shape index (κ3) is 2.34. The number of carboxylic acid groups (broad SMARTS) is 1. The number of ether oxygens (including phenoxy) is 2. The van der Waals surface area contributed by atoms with E-state index in [4.69, 9.17) is 14.6 Å². The molecule has 16 heavy (non-hydrogen) atoms. The van der Waals surface area contributed by atoms with Crippen molar-refractivity contribution in [3.63, 3.8) is 0 Å². The first-order valence-electron chi connectivity index (χ1n) is 4.76. The molecule has 1 aromatic carbocycles. The van der Waals surface area contributed by atoms with E-state index in [0.29, 0.717) is 17.1 Å². The Morgan fingerprint density at radius 2 is 1.88 bits per heavy atom. The summed E-state index contributed by atoms with van der Waals surface area (Å²) < 4.78 is 10.2. The van der Waals surface area contributed by atoms with Crippen molar-refractivity contribution in [2.45, 2.75) is 6.92 Å². The molecule has 0 aliphatic heterocycles. The molecule has 4 nitrogen and oxygen atoms in total. The van der Waals surface area contributed by atoms with E-state index in [2.05, 4.69) is 0 Å². The van der Waals surface area contributed by atoms with E-state index >= 15 is 0 Å². The average molecular weight is 222 g/mol. The molecule has 1 aromatic rings. The van der Waals surface area contributed by atoms with Gasteiger partial charge in [-0.25, -0.2) is 4.79 Å². The van der Waals surface area contributed by atoms with Gasteiger partial charge in [0.25, 0.3) is 0 Å². The van der Waals surface area contributed by atoms with Crippen molar-refractivity contribution in [3.05, 3.63) is 29.8 Å². The van der Waals surface area contributed by atoms with Crippen LogP contribution in [0.4, 0.5) is 0 Å². The summed E-state index contributed by atoms with van der Waals surface area (Å²) in [5.41, 5.74) is 0.827. The second-order valence-electron chi connectivity index (χ2n) is 3.08. The Balaban J connectivity index is 3.22. The summed E-state index contributed by atoms with van der Waals surface area (Å²) in [6, 6.07) is 5.01. The number of hydrogen-bond donors (Lipinski definition) is 1. The molecule has 0 spiro atoms. The van der Waals surface area contributed by atoms with Gasteiger partial charge in [-0.15, -0.1) is 0 Å². The topological polar surface area (TPSA) is 55.8 Å². The minimum absolute atomic E-state index is 0.237. The number of rotatable bonds is 4. The maximum absolute atomic E-state index is 10.9. The van der Waals surface area contributed by atoms with Crippen molar-refractivity contribution in [1.29, 1.82) is 0 Å². The first-order chi connectivity index (χ1) is 7.63. The summed E-state index contributed by atoms with van der Waals surface area (Å²) in [6.45, 7) is 1.68. The molecule has 0 saturated carbocycles. The Bertz CT molecular complexity index is 421. The van der Waals surface area contributed by atoms with E-state index in [1.54, 1.807) is 31.2 Å². The number of allylic oxidation sites excluding steroid dienone is 1. The van der Waals surface area contributed by atoms with Gasteiger partial charge >= 0.3 is 5.97 Å². The minimum atomic E-state index is -0.963. The largest absolute Gasteiger partial charge is 0.493 e. The number of hydrogen-bond acceptors (Lipinski definition) is 3. The molecular weight excluding hydrogens is 208 g/mol. The Hall–Kier alpha value is -1.97. The molecule has 0 fully saturated rings.